The van der Waals surface area contributed by atoms with Gasteiger partial charge < -0.3 is 5.11 Å². The molecule has 21 heavy (non-hydrogen) atoms. The van der Waals surface area contributed by atoms with Crippen LogP contribution >= 0.6 is 23.2 Å². The minimum absolute atomic E-state index is 0.0681. The third-order valence-electron chi connectivity index (χ3n) is 2.34. The molecule has 2 N–H and O–H groups in total. The van der Waals surface area contributed by atoms with Crippen molar-refractivity contribution in [3.05, 3.63) is 46.5 Å². The van der Waals surface area contributed by atoms with Crippen molar-refractivity contribution in [3.63, 3.8) is 0 Å². The van der Waals surface area contributed by atoms with E-state index < -0.39 is 31.5 Å². The number of anilines is 1. The third-order valence-corrected chi connectivity index (χ3v) is 4.48. The van der Waals surface area contributed by atoms with Gasteiger partial charge in [-0.2, -0.15) is 0 Å². The average Bonchev–Trinajstić information content (AvgIpc) is 2.41. The summed E-state index contributed by atoms with van der Waals surface area (Å²) < 4.78 is 26.7. The number of hydrogen-bond acceptors (Lipinski definition) is 5. The smallest absolute Gasteiger partial charge is 0.337 e. The Hall–Kier alpha value is -1.90. The number of rotatable bonds is 4. The van der Waals surface area contributed by atoms with Crippen LogP contribution in [-0.4, -0.2) is 29.5 Å². The molecule has 2 rings (SSSR count). The number of carboxylic acid groups (broad SMARTS) is 1. The van der Waals surface area contributed by atoms with Crippen molar-refractivity contribution in [2.45, 2.75) is 4.90 Å². The van der Waals surface area contributed by atoms with Gasteiger partial charge in [-0.25, -0.2) is 23.2 Å². The van der Waals surface area contributed by atoms with Crippen LogP contribution in [0.15, 0.2) is 35.7 Å². The summed E-state index contributed by atoms with van der Waals surface area (Å²) in [6.07, 6.45) is 3.70. The number of halogens is 2. The molecular formula is C11H7Cl2N3O4S. The fraction of sp³-hybridized carbons (Fsp3) is 0. The van der Waals surface area contributed by atoms with Gasteiger partial charge in [0.1, 0.15) is 11.2 Å². The van der Waals surface area contributed by atoms with E-state index in [4.69, 9.17) is 28.3 Å². The largest absolute Gasteiger partial charge is 0.478 e. The van der Waals surface area contributed by atoms with E-state index in [2.05, 4.69) is 14.7 Å². The summed E-state index contributed by atoms with van der Waals surface area (Å²) in [7, 11) is -4.13. The number of nitrogens with one attached hydrogen (secondary N) is 1. The fourth-order valence-corrected chi connectivity index (χ4v) is 3.41. The van der Waals surface area contributed by atoms with Crippen molar-refractivity contribution in [1.29, 1.82) is 0 Å². The highest BCUT2D eigenvalue weighted by Gasteiger charge is 2.24. The Balaban J connectivity index is 2.53. The predicted molar refractivity (Wildman–Crippen MR) is 76.3 cm³/mol. The monoisotopic (exact) mass is 347 g/mol. The number of benzene rings is 1. The second kappa shape index (κ2) is 5.84. The lowest BCUT2D eigenvalue weighted by Gasteiger charge is -2.11. The van der Waals surface area contributed by atoms with E-state index in [0.29, 0.717) is 0 Å². The number of hydrogen-bond donors (Lipinski definition) is 2. The van der Waals surface area contributed by atoms with Gasteiger partial charge in [0.05, 0.1) is 28.7 Å². The van der Waals surface area contributed by atoms with Gasteiger partial charge in [0.25, 0.3) is 10.0 Å². The lowest BCUT2D eigenvalue weighted by atomic mass is 10.2. The Kier molecular flexibility index (Phi) is 4.31. The maximum absolute atomic E-state index is 12.2. The zero-order valence-electron chi connectivity index (χ0n) is 10.1. The minimum atomic E-state index is -4.13. The summed E-state index contributed by atoms with van der Waals surface area (Å²) in [6.45, 7) is 0. The number of sulfonamides is 1. The van der Waals surface area contributed by atoms with Crippen LogP contribution in [0.5, 0.6) is 0 Å². The Morgan fingerprint density at radius 2 is 1.81 bits per heavy atom. The molecule has 110 valence electrons. The molecule has 0 saturated carbocycles. The molecule has 10 heteroatoms. The minimum Gasteiger partial charge on any atom is -0.478 e. The lowest BCUT2D eigenvalue weighted by molar-refractivity contribution is 0.0697. The highest BCUT2D eigenvalue weighted by molar-refractivity contribution is 7.92. The van der Waals surface area contributed by atoms with Crippen molar-refractivity contribution >= 4 is 44.9 Å². The Bertz CT molecular complexity index is 797. The molecule has 0 spiro atoms. The van der Waals surface area contributed by atoms with E-state index in [-0.39, 0.29) is 10.7 Å². The molecule has 0 aliphatic heterocycles. The van der Waals surface area contributed by atoms with Crippen molar-refractivity contribution in [3.8, 4) is 0 Å². The Morgan fingerprint density at radius 3 is 2.38 bits per heavy atom. The molecule has 0 amide bonds. The van der Waals surface area contributed by atoms with E-state index in [9.17, 15) is 13.2 Å². The van der Waals surface area contributed by atoms with E-state index in [1.54, 1.807) is 0 Å². The molecule has 2 aromatic rings. The fourth-order valence-electron chi connectivity index (χ4n) is 1.48. The number of aromatic nitrogens is 2. The van der Waals surface area contributed by atoms with Gasteiger partial charge in [0.15, 0.2) is 0 Å². The number of carbonyl (C=O) groups is 1. The molecule has 0 unspecified atom stereocenters. The first-order chi connectivity index (χ1) is 9.81. The zero-order valence-corrected chi connectivity index (χ0v) is 12.4. The molecule has 7 nitrogen and oxygen atoms in total. The van der Waals surface area contributed by atoms with Gasteiger partial charge in [0.2, 0.25) is 0 Å². The standard InChI is InChI=1S/C11H7Cl2N3O4S/c12-6-1-8(11(17)18)10(13)9(2-6)21(19,20)16-7-3-14-5-15-4-7/h1-5,16H,(H,17,18). The van der Waals surface area contributed by atoms with Crippen molar-refractivity contribution in [2.75, 3.05) is 4.72 Å². The van der Waals surface area contributed by atoms with E-state index in [1.165, 1.54) is 18.7 Å². The topological polar surface area (TPSA) is 109 Å². The Labute approximate surface area is 129 Å². The highest BCUT2D eigenvalue weighted by Crippen LogP contribution is 2.30. The zero-order chi connectivity index (χ0) is 15.6. The SMILES string of the molecule is O=C(O)c1cc(Cl)cc(S(=O)(=O)Nc2cncnc2)c1Cl. The summed E-state index contributed by atoms with van der Waals surface area (Å²) in [6, 6.07) is 2.12. The van der Waals surface area contributed by atoms with Crippen molar-refractivity contribution in [2.24, 2.45) is 0 Å². The summed E-state index contributed by atoms with van der Waals surface area (Å²) >= 11 is 11.6. The van der Waals surface area contributed by atoms with Gasteiger partial charge in [-0.15, -0.1) is 0 Å². The molecule has 1 aromatic heterocycles. The predicted octanol–water partition coefficient (Wildman–Crippen LogP) is 2.28. The summed E-state index contributed by atoms with van der Waals surface area (Å²) in [5, 5.41) is 8.49. The van der Waals surface area contributed by atoms with Crippen LogP contribution in [0.4, 0.5) is 5.69 Å². The molecule has 0 radical (unpaired) electrons. The molecule has 0 saturated heterocycles. The first kappa shape index (κ1) is 15.5. The highest BCUT2D eigenvalue weighted by atomic mass is 35.5. The van der Waals surface area contributed by atoms with Crippen LogP contribution in [0.25, 0.3) is 0 Å². The summed E-state index contributed by atoms with van der Waals surface area (Å²) in [5.74, 6) is -1.39. The Morgan fingerprint density at radius 1 is 1.19 bits per heavy atom. The lowest BCUT2D eigenvalue weighted by Crippen LogP contribution is -2.15. The maximum atomic E-state index is 12.2. The van der Waals surface area contributed by atoms with Crippen LogP contribution < -0.4 is 4.72 Å². The van der Waals surface area contributed by atoms with E-state index in [1.807, 2.05) is 0 Å². The quantitative estimate of drug-likeness (QED) is 0.877. The summed E-state index contributed by atoms with van der Waals surface area (Å²) in [5.41, 5.74) is -0.306. The van der Waals surface area contributed by atoms with Gasteiger partial charge >= 0.3 is 5.97 Å². The van der Waals surface area contributed by atoms with Gasteiger partial charge in [0, 0.05) is 5.02 Å². The number of nitrogens with zero attached hydrogens (tertiary/aromatic N) is 2. The van der Waals surface area contributed by atoms with Crippen molar-refractivity contribution in [1.82, 2.24) is 9.97 Å². The molecule has 1 heterocycles. The third kappa shape index (κ3) is 3.41. The average molecular weight is 348 g/mol. The second-order valence-corrected chi connectivity index (χ2v) is 6.27. The molecule has 1 aromatic carbocycles. The molecule has 0 bridgehead atoms. The molecule has 0 aliphatic rings. The summed E-state index contributed by atoms with van der Waals surface area (Å²) in [4.78, 5) is 17.9. The van der Waals surface area contributed by atoms with Crippen LogP contribution in [0.3, 0.4) is 0 Å². The first-order valence-corrected chi connectivity index (χ1v) is 7.55. The molecular weight excluding hydrogens is 341 g/mol. The number of carboxylic acids is 1. The normalized spacial score (nSPS) is 11.1. The first-order valence-electron chi connectivity index (χ1n) is 5.31. The van der Waals surface area contributed by atoms with Crippen LogP contribution in [0, 0.1) is 0 Å². The van der Waals surface area contributed by atoms with Crippen LogP contribution in [0.1, 0.15) is 10.4 Å². The van der Waals surface area contributed by atoms with Gasteiger partial charge in [-0.3, -0.25) is 4.72 Å². The van der Waals surface area contributed by atoms with E-state index in [0.717, 1.165) is 12.1 Å². The van der Waals surface area contributed by atoms with Crippen LogP contribution in [-0.2, 0) is 10.0 Å². The maximum Gasteiger partial charge on any atom is 0.337 e. The van der Waals surface area contributed by atoms with Crippen molar-refractivity contribution < 1.29 is 18.3 Å². The molecule has 0 atom stereocenters. The molecule has 0 fully saturated rings. The molecule has 0 aliphatic carbocycles. The van der Waals surface area contributed by atoms with Gasteiger partial charge in [-0.05, 0) is 12.1 Å². The van der Waals surface area contributed by atoms with Gasteiger partial charge in [-0.1, -0.05) is 23.2 Å². The number of aromatic carboxylic acids is 1. The second-order valence-electron chi connectivity index (χ2n) is 3.80. The van der Waals surface area contributed by atoms with Crippen LogP contribution in [0.2, 0.25) is 10.0 Å². The van der Waals surface area contributed by atoms with E-state index >= 15 is 0 Å².